The largest absolute Gasteiger partial charge is 0.595 e. The zero-order chi connectivity index (χ0) is 26.4. The van der Waals surface area contributed by atoms with Crippen LogP contribution < -0.4 is 14.9 Å². The number of carbonyl (C=O) groups is 2. The second-order valence-electron chi connectivity index (χ2n) is 8.07. The van der Waals surface area contributed by atoms with E-state index in [2.05, 4.69) is 0 Å². The zero-order valence-corrected chi connectivity index (χ0v) is 21.2. The molecule has 0 spiro atoms. The van der Waals surface area contributed by atoms with Gasteiger partial charge in [-0.2, -0.15) is 5.23 Å². The summed E-state index contributed by atoms with van der Waals surface area (Å²) in [6.07, 6.45) is 0. The van der Waals surface area contributed by atoms with Gasteiger partial charge >= 0.3 is 11.9 Å². The molecule has 2 aromatic rings. The maximum atomic E-state index is 13.3. The molecule has 0 aromatic heterocycles. The first-order valence-electron chi connectivity index (χ1n) is 11.9. The molecule has 1 atom stereocenters. The van der Waals surface area contributed by atoms with E-state index < -0.39 is 23.1 Å². The van der Waals surface area contributed by atoms with Crippen LogP contribution in [0.15, 0.2) is 71.1 Å². The molecule has 3 rings (SSSR count). The number of ether oxygens (including phenoxy) is 3. The van der Waals surface area contributed by atoms with Crippen LogP contribution in [0.2, 0.25) is 0 Å². The Balaban J connectivity index is 2.29. The summed E-state index contributed by atoms with van der Waals surface area (Å²) in [7, 11) is 0. The highest BCUT2D eigenvalue weighted by Gasteiger charge is 2.41. The van der Waals surface area contributed by atoms with E-state index in [1.54, 1.807) is 39.8 Å². The molecule has 0 radical (unpaired) electrons. The molecule has 192 valence electrons. The molecule has 9 nitrogen and oxygen atoms in total. The highest BCUT2D eigenvalue weighted by molar-refractivity contribution is 6.01. The van der Waals surface area contributed by atoms with E-state index in [4.69, 9.17) is 14.2 Å². The predicted octanol–water partition coefficient (Wildman–Crippen LogP) is 3.77. The molecule has 0 aliphatic carbocycles. The molecule has 0 bridgehead atoms. The van der Waals surface area contributed by atoms with Crippen molar-refractivity contribution in [2.45, 2.75) is 40.5 Å². The molecule has 0 saturated carbocycles. The van der Waals surface area contributed by atoms with E-state index in [1.807, 2.05) is 36.1 Å². The minimum atomic E-state index is -1.11. The smallest absolute Gasteiger partial charge is 0.336 e. The molecule has 2 N–H and O–H groups in total. The lowest BCUT2D eigenvalue weighted by atomic mass is 9.79. The summed E-state index contributed by atoms with van der Waals surface area (Å²) in [5.74, 6) is -1.36. The summed E-state index contributed by atoms with van der Waals surface area (Å²) in [6.45, 7) is 9.66. The molecule has 1 heterocycles. The van der Waals surface area contributed by atoms with Crippen LogP contribution in [0.3, 0.4) is 0 Å². The Hall–Kier alpha value is -3.66. The normalized spacial score (nSPS) is 15.1. The molecule has 9 heteroatoms. The van der Waals surface area contributed by atoms with Gasteiger partial charge in [-0.1, -0.05) is 12.1 Å². The van der Waals surface area contributed by atoms with Crippen molar-refractivity contribution in [3.63, 3.8) is 0 Å². The Morgan fingerprint density at radius 2 is 1.47 bits per heavy atom. The second kappa shape index (κ2) is 11.9. The second-order valence-corrected chi connectivity index (χ2v) is 8.07. The maximum absolute atomic E-state index is 13.3. The fraction of sp³-hybridized carbons (Fsp3) is 0.333. The van der Waals surface area contributed by atoms with Crippen LogP contribution in [-0.4, -0.2) is 37.0 Å². The summed E-state index contributed by atoms with van der Waals surface area (Å²) >= 11 is 0. The zero-order valence-electron chi connectivity index (χ0n) is 21.2. The summed E-state index contributed by atoms with van der Waals surface area (Å²) in [5.41, 5.74) is 2.84. The molecule has 0 amide bonds. The van der Waals surface area contributed by atoms with Crippen LogP contribution >= 0.6 is 0 Å². The number of esters is 2. The third kappa shape index (κ3) is 5.43. The van der Waals surface area contributed by atoms with Gasteiger partial charge in [-0.15, -0.1) is 0 Å². The van der Waals surface area contributed by atoms with Crippen LogP contribution in [-0.2, 0) is 19.1 Å². The Morgan fingerprint density at radius 3 is 1.94 bits per heavy atom. The van der Waals surface area contributed by atoms with Crippen molar-refractivity contribution < 1.29 is 34.2 Å². The first-order valence-corrected chi connectivity index (χ1v) is 11.9. The third-order valence-corrected chi connectivity index (χ3v) is 5.89. The molecule has 0 fully saturated rings. The lowest BCUT2D eigenvalue weighted by molar-refractivity contribution is -0.991. The Bertz CT molecular complexity index is 1130. The number of nitrogens with one attached hydrogen (secondary N) is 1. The Labute approximate surface area is 210 Å². The van der Waals surface area contributed by atoms with Crippen molar-refractivity contribution >= 4 is 23.3 Å². The van der Waals surface area contributed by atoms with Gasteiger partial charge < -0.3 is 24.3 Å². The van der Waals surface area contributed by atoms with Crippen molar-refractivity contribution in [3.05, 3.63) is 81.8 Å². The molecule has 2 aromatic carbocycles. The fourth-order valence-electron chi connectivity index (χ4n) is 4.43. The highest BCUT2D eigenvalue weighted by atomic mass is 16.8. The van der Waals surface area contributed by atoms with Gasteiger partial charge in [0.25, 0.3) is 0 Å². The SMILES string of the molecule is CCOC(=O)C1=C(C)N(c2ccc(OCC)cc2)C(C)=C(C(=O)OCC)C1c1cccc([NH+]([O-])O)c1. The number of hydrogen-bond donors (Lipinski definition) is 2. The average Bonchev–Trinajstić information content (AvgIpc) is 2.85. The Kier molecular flexibility index (Phi) is 8.87. The maximum Gasteiger partial charge on any atom is 0.336 e. The quantitative estimate of drug-likeness (QED) is 0.399. The number of rotatable bonds is 9. The van der Waals surface area contributed by atoms with Crippen molar-refractivity contribution in [2.24, 2.45) is 0 Å². The van der Waals surface area contributed by atoms with Gasteiger partial charge in [-0.3, -0.25) is 0 Å². The fourth-order valence-corrected chi connectivity index (χ4v) is 4.43. The first kappa shape index (κ1) is 26.9. The minimum Gasteiger partial charge on any atom is -0.595 e. The number of allylic oxidation sites excluding steroid dienone is 2. The van der Waals surface area contributed by atoms with Crippen molar-refractivity contribution in [2.75, 3.05) is 24.7 Å². The third-order valence-electron chi connectivity index (χ3n) is 5.89. The van der Waals surface area contributed by atoms with E-state index in [-0.39, 0.29) is 30.0 Å². The summed E-state index contributed by atoms with van der Waals surface area (Å²) in [5, 5.41) is 20.1. The topological polar surface area (TPSA) is 113 Å². The average molecular weight is 497 g/mol. The molecular weight excluding hydrogens is 464 g/mol. The number of nitrogens with zero attached hydrogens (tertiary/aromatic N) is 1. The van der Waals surface area contributed by atoms with Gasteiger partial charge in [0.2, 0.25) is 0 Å². The number of anilines is 1. The summed E-state index contributed by atoms with van der Waals surface area (Å²) in [4.78, 5) is 28.5. The molecular formula is C27H32N2O7. The van der Waals surface area contributed by atoms with E-state index in [1.165, 1.54) is 12.1 Å². The summed E-state index contributed by atoms with van der Waals surface area (Å²) in [6, 6.07) is 13.5. The van der Waals surface area contributed by atoms with Crippen molar-refractivity contribution in [1.29, 1.82) is 0 Å². The molecule has 1 aliphatic rings. The van der Waals surface area contributed by atoms with Crippen LogP contribution in [0.1, 0.15) is 46.1 Å². The lowest BCUT2D eigenvalue weighted by Gasteiger charge is -2.38. The molecule has 0 saturated heterocycles. The van der Waals surface area contributed by atoms with Gasteiger partial charge in [-0.25, -0.2) is 14.8 Å². The highest BCUT2D eigenvalue weighted by Crippen LogP contribution is 2.45. The van der Waals surface area contributed by atoms with Gasteiger partial charge in [0.05, 0.1) is 36.9 Å². The number of hydrogen-bond acceptors (Lipinski definition) is 8. The van der Waals surface area contributed by atoms with Gasteiger partial charge in [0.15, 0.2) is 5.69 Å². The van der Waals surface area contributed by atoms with E-state index in [0.717, 1.165) is 5.69 Å². The number of quaternary nitrogens is 1. The van der Waals surface area contributed by atoms with Crippen molar-refractivity contribution in [3.8, 4) is 5.75 Å². The summed E-state index contributed by atoms with van der Waals surface area (Å²) < 4.78 is 16.4. The monoisotopic (exact) mass is 496 g/mol. The van der Waals surface area contributed by atoms with Gasteiger partial charge in [0, 0.05) is 29.2 Å². The Morgan fingerprint density at radius 1 is 0.917 bits per heavy atom. The van der Waals surface area contributed by atoms with Crippen LogP contribution in [0.5, 0.6) is 5.75 Å². The van der Waals surface area contributed by atoms with Crippen LogP contribution in [0.25, 0.3) is 0 Å². The molecule has 1 unspecified atom stereocenters. The van der Waals surface area contributed by atoms with Crippen LogP contribution in [0.4, 0.5) is 11.4 Å². The van der Waals surface area contributed by atoms with E-state index >= 15 is 0 Å². The number of carbonyl (C=O) groups excluding carboxylic acids is 2. The molecule has 36 heavy (non-hydrogen) atoms. The molecule has 1 aliphatic heterocycles. The van der Waals surface area contributed by atoms with Crippen LogP contribution in [0, 0.1) is 5.21 Å². The van der Waals surface area contributed by atoms with Gasteiger partial charge in [-0.05, 0) is 64.4 Å². The van der Waals surface area contributed by atoms with E-state index in [9.17, 15) is 20.0 Å². The number of benzene rings is 2. The van der Waals surface area contributed by atoms with Gasteiger partial charge in [0.1, 0.15) is 5.75 Å². The predicted molar refractivity (Wildman–Crippen MR) is 134 cm³/mol. The lowest BCUT2D eigenvalue weighted by Crippen LogP contribution is -2.99. The minimum absolute atomic E-state index is 0.0446. The van der Waals surface area contributed by atoms with Crippen molar-refractivity contribution in [1.82, 2.24) is 0 Å². The standard InChI is InChI=1S/C27H32N2O7/c1-6-34-22-14-12-20(13-15-22)28-17(4)23(26(30)35-7-2)25(24(18(28)5)27(31)36-8-3)19-10-9-11-21(16-19)29(32)33/h9-16,25,29,32H,6-8H2,1-5H3. The first-order chi connectivity index (χ1) is 17.2. The van der Waals surface area contributed by atoms with E-state index in [0.29, 0.717) is 29.3 Å².